The SMILES string of the molecule is COc1cc(Cc2cc(C)c(O)c(C)c2)c(O)c(Cc2cc(C)c(O)c(C)c2)c1. The number of aromatic hydroxyl groups is 3. The van der Waals surface area contributed by atoms with Crippen LogP contribution >= 0.6 is 0 Å². The van der Waals surface area contributed by atoms with Gasteiger partial charge in [-0.3, -0.25) is 0 Å². The van der Waals surface area contributed by atoms with Gasteiger partial charge >= 0.3 is 0 Å². The Morgan fingerprint density at radius 1 is 0.586 bits per heavy atom. The molecule has 0 radical (unpaired) electrons. The van der Waals surface area contributed by atoms with Crippen LogP contribution in [0.15, 0.2) is 36.4 Å². The second-order valence-corrected chi connectivity index (χ2v) is 7.80. The zero-order valence-electron chi connectivity index (χ0n) is 17.6. The lowest BCUT2D eigenvalue weighted by molar-refractivity contribution is 0.409. The molecule has 0 heterocycles. The number of hydrogen-bond acceptors (Lipinski definition) is 4. The Morgan fingerprint density at radius 3 is 1.24 bits per heavy atom. The molecule has 4 nitrogen and oxygen atoms in total. The van der Waals surface area contributed by atoms with Crippen LogP contribution in [0.5, 0.6) is 23.0 Å². The third kappa shape index (κ3) is 4.32. The van der Waals surface area contributed by atoms with E-state index in [1.807, 2.05) is 64.1 Å². The minimum Gasteiger partial charge on any atom is -0.507 e. The molecule has 0 aliphatic rings. The molecule has 0 unspecified atom stereocenters. The van der Waals surface area contributed by atoms with E-state index in [-0.39, 0.29) is 5.75 Å². The van der Waals surface area contributed by atoms with Gasteiger partial charge in [-0.25, -0.2) is 0 Å². The molecule has 152 valence electrons. The maximum Gasteiger partial charge on any atom is 0.122 e. The fourth-order valence-corrected chi connectivity index (χ4v) is 3.85. The Hall–Kier alpha value is -3.14. The van der Waals surface area contributed by atoms with Gasteiger partial charge in [0, 0.05) is 24.0 Å². The Labute approximate surface area is 172 Å². The van der Waals surface area contributed by atoms with Gasteiger partial charge in [-0.2, -0.15) is 0 Å². The summed E-state index contributed by atoms with van der Waals surface area (Å²) in [5.41, 5.74) is 6.85. The Kier molecular flexibility index (Phi) is 5.73. The summed E-state index contributed by atoms with van der Waals surface area (Å²) in [6, 6.07) is 11.5. The second kappa shape index (κ2) is 8.08. The van der Waals surface area contributed by atoms with E-state index in [9.17, 15) is 15.3 Å². The van der Waals surface area contributed by atoms with Crippen molar-refractivity contribution in [3.8, 4) is 23.0 Å². The van der Waals surface area contributed by atoms with Crippen molar-refractivity contribution in [3.63, 3.8) is 0 Å². The summed E-state index contributed by atoms with van der Waals surface area (Å²) in [6.45, 7) is 7.49. The molecule has 3 aromatic carbocycles. The molecule has 0 fully saturated rings. The highest BCUT2D eigenvalue weighted by Gasteiger charge is 2.14. The highest BCUT2D eigenvalue weighted by Crippen LogP contribution is 2.34. The Morgan fingerprint density at radius 2 is 0.931 bits per heavy atom. The standard InChI is InChI=1S/C25H28O4/c1-14-6-18(7-15(2)23(14)26)10-20-12-22(29-5)13-21(25(20)28)11-19-8-16(3)24(27)17(4)9-19/h6-9,12-13,26-28H,10-11H2,1-5H3. The number of ether oxygens (including phenoxy) is 1. The highest BCUT2D eigenvalue weighted by molar-refractivity contribution is 5.52. The summed E-state index contributed by atoms with van der Waals surface area (Å²) in [7, 11) is 1.61. The predicted molar refractivity (Wildman–Crippen MR) is 115 cm³/mol. The van der Waals surface area contributed by atoms with Crippen LogP contribution < -0.4 is 4.74 Å². The van der Waals surface area contributed by atoms with Crippen LogP contribution in [0.4, 0.5) is 0 Å². The number of methoxy groups -OCH3 is 1. The van der Waals surface area contributed by atoms with Crippen molar-refractivity contribution < 1.29 is 20.1 Å². The minimum absolute atomic E-state index is 0.248. The van der Waals surface area contributed by atoms with E-state index in [0.29, 0.717) is 30.1 Å². The zero-order valence-corrected chi connectivity index (χ0v) is 17.6. The van der Waals surface area contributed by atoms with Crippen molar-refractivity contribution >= 4 is 0 Å². The Bertz CT molecular complexity index is 940. The molecule has 4 heteroatoms. The zero-order chi connectivity index (χ0) is 21.3. The maximum absolute atomic E-state index is 11.0. The van der Waals surface area contributed by atoms with E-state index in [1.54, 1.807) is 7.11 Å². The van der Waals surface area contributed by atoms with Gasteiger partial charge in [0.25, 0.3) is 0 Å². The normalized spacial score (nSPS) is 10.9. The minimum atomic E-state index is 0.248. The molecule has 0 spiro atoms. The third-order valence-corrected chi connectivity index (χ3v) is 5.37. The van der Waals surface area contributed by atoms with Crippen molar-refractivity contribution in [2.24, 2.45) is 0 Å². The van der Waals surface area contributed by atoms with Crippen LogP contribution in [0.1, 0.15) is 44.5 Å². The summed E-state index contributed by atoms with van der Waals surface area (Å²) < 4.78 is 5.47. The molecule has 3 aromatic rings. The van der Waals surface area contributed by atoms with Gasteiger partial charge in [0.1, 0.15) is 23.0 Å². The average Bonchev–Trinajstić information content (AvgIpc) is 2.67. The first-order valence-electron chi connectivity index (χ1n) is 9.66. The van der Waals surface area contributed by atoms with Gasteiger partial charge in [0.05, 0.1) is 7.11 Å². The summed E-state index contributed by atoms with van der Waals surface area (Å²) in [6.07, 6.45) is 1.07. The maximum atomic E-state index is 11.0. The quantitative estimate of drug-likeness (QED) is 0.556. The lowest BCUT2D eigenvalue weighted by Crippen LogP contribution is -1.98. The van der Waals surface area contributed by atoms with E-state index >= 15 is 0 Å². The molecule has 0 aromatic heterocycles. The van der Waals surface area contributed by atoms with Crippen LogP contribution in [0.25, 0.3) is 0 Å². The summed E-state index contributed by atoms with van der Waals surface area (Å²) >= 11 is 0. The molecule has 0 saturated carbocycles. The largest absolute Gasteiger partial charge is 0.507 e. The molecular formula is C25H28O4. The molecular weight excluding hydrogens is 364 g/mol. The first kappa shape index (κ1) is 20.6. The molecule has 0 atom stereocenters. The molecule has 0 saturated heterocycles. The molecule has 3 rings (SSSR count). The van der Waals surface area contributed by atoms with Crippen molar-refractivity contribution in [3.05, 3.63) is 80.9 Å². The van der Waals surface area contributed by atoms with Gasteiger partial charge in [-0.1, -0.05) is 24.3 Å². The molecule has 3 N–H and O–H groups in total. The molecule has 0 bridgehead atoms. The second-order valence-electron chi connectivity index (χ2n) is 7.80. The van der Waals surface area contributed by atoms with Crippen LogP contribution in [-0.2, 0) is 12.8 Å². The first-order chi connectivity index (χ1) is 13.7. The lowest BCUT2D eigenvalue weighted by atomic mass is 9.94. The molecule has 0 amide bonds. The molecule has 0 aliphatic heterocycles. The van der Waals surface area contributed by atoms with Gasteiger partial charge in [-0.15, -0.1) is 0 Å². The van der Waals surface area contributed by atoms with Crippen LogP contribution in [0, 0.1) is 27.7 Å². The predicted octanol–water partition coefficient (Wildman–Crippen LogP) is 5.23. The van der Waals surface area contributed by atoms with E-state index in [2.05, 4.69) is 0 Å². The average molecular weight is 392 g/mol. The number of phenolic OH excluding ortho intramolecular Hbond substituents is 3. The van der Waals surface area contributed by atoms with E-state index < -0.39 is 0 Å². The molecule has 0 aliphatic carbocycles. The fraction of sp³-hybridized carbons (Fsp3) is 0.280. The topological polar surface area (TPSA) is 69.9 Å². The number of hydrogen-bond donors (Lipinski definition) is 3. The van der Waals surface area contributed by atoms with Gasteiger partial charge in [0.15, 0.2) is 0 Å². The van der Waals surface area contributed by atoms with Crippen molar-refractivity contribution in [2.45, 2.75) is 40.5 Å². The molecule has 29 heavy (non-hydrogen) atoms. The fourth-order valence-electron chi connectivity index (χ4n) is 3.85. The van der Waals surface area contributed by atoms with Crippen LogP contribution in [0.2, 0.25) is 0 Å². The first-order valence-corrected chi connectivity index (χ1v) is 9.66. The van der Waals surface area contributed by atoms with Gasteiger partial charge in [0.2, 0.25) is 0 Å². The number of aryl methyl sites for hydroxylation is 4. The van der Waals surface area contributed by atoms with Crippen molar-refractivity contribution in [1.29, 1.82) is 0 Å². The monoisotopic (exact) mass is 392 g/mol. The smallest absolute Gasteiger partial charge is 0.122 e. The van der Waals surface area contributed by atoms with Crippen molar-refractivity contribution in [1.82, 2.24) is 0 Å². The third-order valence-electron chi connectivity index (χ3n) is 5.37. The summed E-state index contributed by atoms with van der Waals surface area (Å²) in [5, 5.41) is 31.0. The Balaban J connectivity index is 2.00. The highest BCUT2D eigenvalue weighted by atomic mass is 16.5. The van der Waals surface area contributed by atoms with E-state index in [0.717, 1.165) is 44.5 Å². The summed E-state index contributed by atoms with van der Waals surface area (Å²) in [4.78, 5) is 0. The summed E-state index contributed by atoms with van der Waals surface area (Å²) in [5.74, 6) is 1.55. The lowest BCUT2D eigenvalue weighted by Gasteiger charge is -2.15. The number of rotatable bonds is 5. The van der Waals surface area contributed by atoms with E-state index in [1.165, 1.54) is 0 Å². The van der Waals surface area contributed by atoms with Crippen LogP contribution in [0.3, 0.4) is 0 Å². The van der Waals surface area contributed by atoms with Crippen molar-refractivity contribution in [2.75, 3.05) is 7.11 Å². The van der Waals surface area contributed by atoms with Gasteiger partial charge < -0.3 is 20.1 Å². The van der Waals surface area contributed by atoms with Gasteiger partial charge in [-0.05, 0) is 73.2 Å². The van der Waals surface area contributed by atoms with E-state index in [4.69, 9.17) is 4.74 Å². The van der Waals surface area contributed by atoms with Crippen LogP contribution in [-0.4, -0.2) is 22.4 Å². The number of phenols is 3. The number of benzene rings is 3.